The highest BCUT2D eigenvalue weighted by atomic mass is 15.1. The first-order valence-corrected chi connectivity index (χ1v) is 3.98. The molecule has 1 fully saturated rings. The topological polar surface area (TPSA) is 3.24 Å². The summed E-state index contributed by atoms with van der Waals surface area (Å²) in [6.45, 7) is 5.53. The molecule has 0 unspecified atom stereocenters. The Labute approximate surface area is 63.4 Å². The fraction of sp³-hybridized carbons (Fsp3) is 0.778. The summed E-state index contributed by atoms with van der Waals surface area (Å²) in [5, 5.41) is 0. The Balaban J connectivity index is 2.27. The van der Waals surface area contributed by atoms with Gasteiger partial charge in [0.2, 0.25) is 0 Å². The lowest BCUT2D eigenvalue weighted by Gasteiger charge is -2.28. The lowest BCUT2D eigenvalue weighted by atomic mass is 10.0. The smallest absolute Gasteiger partial charge is 0.0599 e. The maximum absolute atomic E-state index is 5.21. The summed E-state index contributed by atoms with van der Waals surface area (Å²) >= 11 is 0. The maximum Gasteiger partial charge on any atom is 0.0599 e. The first-order chi connectivity index (χ1) is 4.83. The second kappa shape index (κ2) is 3.63. The van der Waals surface area contributed by atoms with Crippen molar-refractivity contribution < 1.29 is 0 Å². The molecule has 0 amide bonds. The van der Waals surface area contributed by atoms with Gasteiger partial charge in [-0.2, -0.15) is 0 Å². The van der Waals surface area contributed by atoms with Crippen molar-refractivity contribution in [3.8, 4) is 12.3 Å². The van der Waals surface area contributed by atoms with E-state index in [0.717, 1.165) is 12.5 Å². The van der Waals surface area contributed by atoms with Crippen molar-refractivity contribution >= 4 is 0 Å². The Hall–Kier alpha value is -0.480. The van der Waals surface area contributed by atoms with Crippen LogP contribution in [0.2, 0.25) is 0 Å². The summed E-state index contributed by atoms with van der Waals surface area (Å²) in [6, 6.07) is 0. The molecule has 0 bridgehead atoms. The average Bonchev–Trinajstić information content (AvgIpc) is 1.88. The van der Waals surface area contributed by atoms with Gasteiger partial charge in [0.25, 0.3) is 0 Å². The maximum atomic E-state index is 5.21. The zero-order valence-electron chi connectivity index (χ0n) is 6.64. The van der Waals surface area contributed by atoms with Gasteiger partial charge < -0.3 is 0 Å². The van der Waals surface area contributed by atoms with Crippen molar-refractivity contribution in [3.05, 3.63) is 0 Å². The quantitative estimate of drug-likeness (QED) is 0.493. The van der Waals surface area contributed by atoms with Crippen LogP contribution in [0.25, 0.3) is 0 Å². The SMILES string of the molecule is C#CCN1CCC[C@H](C)C1. The number of piperidine rings is 1. The van der Waals surface area contributed by atoms with E-state index in [1.54, 1.807) is 0 Å². The average molecular weight is 137 g/mol. The van der Waals surface area contributed by atoms with Crippen molar-refractivity contribution in [2.45, 2.75) is 19.8 Å². The molecule has 0 aromatic rings. The van der Waals surface area contributed by atoms with Crippen LogP contribution in [-0.4, -0.2) is 24.5 Å². The van der Waals surface area contributed by atoms with Crippen LogP contribution in [0.1, 0.15) is 19.8 Å². The van der Waals surface area contributed by atoms with Gasteiger partial charge in [-0.1, -0.05) is 12.8 Å². The van der Waals surface area contributed by atoms with Crippen LogP contribution in [0.4, 0.5) is 0 Å². The van der Waals surface area contributed by atoms with Crippen molar-refractivity contribution in [2.75, 3.05) is 19.6 Å². The third kappa shape index (κ3) is 2.04. The molecule has 1 aliphatic heterocycles. The Morgan fingerprint density at radius 2 is 2.50 bits per heavy atom. The standard InChI is InChI=1S/C9H15N/c1-3-6-10-7-4-5-9(2)8-10/h1,9H,4-8H2,2H3/t9-/m0/s1. The summed E-state index contributed by atoms with van der Waals surface area (Å²) in [7, 11) is 0. The van der Waals surface area contributed by atoms with Gasteiger partial charge in [0.15, 0.2) is 0 Å². The molecular weight excluding hydrogens is 122 g/mol. The normalized spacial score (nSPS) is 27.8. The van der Waals surface area contributed by atoms with Crippen LogP contribution in [-0.2, 0) is 0 Å². The summed E-state index contributed by atoms with van der Waals surface area (Å²) < 4.78 is 0. The minimum absolute atomic E-state index is 0.838. The number of likely N-dealkylation sites (tertiary alicyclic amines) is 1. The highest BCUT2D eigenvalue weighted by Gasteiger charge is 2.14. The largest absolute Gasteiger partial charge is 0.292 e. The molecule has 1 saturated heterocycles. The van der Waals surface area contributed by atoms with Gasteiger partial charge >= 0.3 is 0 Å². The van der Waals surface area contributed by atoms with Crippen LogP contribution < -0.4 is 0 Å². The van der Waals surface area contributed by atoms with E-state index in [2.05, 4.69) is 17.7 Å². The molecule has 56 valence electrons. The molecule has 0 radical (unpaired) electrons. The molecule has 1 aliphatic rings. The van der Waals surface area contributed by atoms with Crippen molar-refractivity contribution in [2.24, 2.45) is 5.92 Å². The van der Waals surface area contributed by atoms with Gasteiger partial charge in [-0.15, -0.1) is 6.42 Å². The fourth-order valence-electron chi connectivity index (χ4n) is 1.56. The summed E-state index contributed by atoms with van der Waals surface area (Å²) in [4.78, 5) is 2.36. The third-order valence-corrected chi connectivity index (χ3v) is 2.06. The molecule has 0 aliphatic carbocycles. The predicted molar refractivity (Wildman–Crippen MR) is 43.7 cm³/mol. The lowest BCUT2D eigenvalue weighted by molar-refractivity contribution is 0.204. The first kappa shape index (κ1) is 7.63. The number of hydrogen-bond donors (Lipinski definition) is 0. The highest BCUT2D eigenvalue weighted by Crippen LogP contribution is 2.14. The first-order valence-electron chi connectivity index (χ1n) is 3.98. The zero-order chi connectivity index (χ0) is 7.40. The van der Waals surface area contributed by atoms with Gasteiger partial charge in [0.1, 0.15) is 0 Å². The van der Waals surface area contributed by atoms with E-state index in [0.29, 0.717) is 0 Å². The zero-order valence-corrected chi connectivity index (χ0v) is 6.64. The van der Waals surface area contributed by atoms with E-state index >= 15 is 0 Å². The third-order valence-electron chi connectivity index (χ3n) is 2.06. The Morgan fingerprint density at radius 3 is 3.10 bits per heavy atom. The van der Waals surface area contributed by atoms with Gasteiger partial charge in [-0.3, -0.25) is 4.90 Å². The van der Waals surface area contributed by atoms with Crippen LogP contribution in [0.3, 0.4) is 0 Å². The van der Waals surface area contributed by atoms with Gasteiger partial charge in [0.05, 0.1) is 6.54 Å². The second-order valence-corrected chi connectivity index (χ2v) is 3.19. The highest BCUT2D eigenvalue weighted by molar-refractivity contribution is 4.89. The Kier molecular flexibility index (Phi) is 2.77. The molecule has 0 spiro atoms. The van der Waals surface area contributed by atoms with E-state index in [-0.39, 0.29) is 0 Å². The molecular formula is C9H15N. The molecule has 0 N–H and O–H groups in total. The van der Waals surface area contributed by atoms with Crippen molar-refractivity contribution in [3.63, 3.8) is 0 Å². The molecule has 1 heteroatoms. The number of terminal acetylenes is 1. The van der Waals surface area contributed by atoms with E-state index < -0.39 is 0 Å². The van der Waals surface area contributed by atoms with Crippen LogP contribution >= 0.6 is 0 Å². The molecule has 10 heavy (non-hydrogen) atoms. The van der Waals surface area contributed by atoms with Gasteiger partial charge in [0, 0.05) is 6.54 Å². The van der Waals surface area contributed by atoms with E-state index in [9.17, 15) is 0 Å². The number of nitrogens with zero attached hydrogens (tertiary/aromatic N) is 1. The lowest BCUT2D eigenvalue weighted by Crippen LogP contribution is -2.34. The molecule has 1 nitrogen and oxygen atoms in total. The molecule has 0 aromatic carbocycles. The molecule has 0 saturated carbocycles. The van der Waals surface area contributed by atoms with Crippen molar-refractivity contribution in [1.29, 1.82) is 0 Å². The minimum atomic E-state index is 0.838. The molecule has 1 rings (SSSR count). The van der Waals surface area contributed by atoms with Crippen LogP contribution in [0.15, 0.2) is 0 Å². The van der Waals surface area contributed by atoms with Crippen LogP contribution in [0.5, 0.6) is 0 Å². The number of rotatable bonds is 1. The molecule has 1 atom stereocenters. The van der Waals surface area contributed by atoms with Crippen molar-refractivity contribution in [1.82, 2.24) is 4.90 Å². The van der Waals surface area contributed by atoms with E-state index in [4.69, 9.17) is 6.42 Å². The predicted octanol–water partition coefficient (Wildman–Crippen LogP) is 1.35. The van der Waals surface area contributed by atoms with Crippen LogP contribution in [0, 0.1) is 18.3 Å². The van der Waals surface area contributed by atoms with E-state index in [1.165, 1.54) is 25.9 Å². The Morgan fingerprint density at radius 1 is 1.70 bits per heavy atom. The minimum Gasteiger partial charge on any atom is -0.292 e. The summed E-state index contributed by atoms with van der Waals surface area (Å²) in [5.41, 5.74) is 0. The fourth-order valence-corrected chi connectivity index (χ4v) is 1.56. The van der Waals surface area contributed by atoms with Gasteiger partial charge in [-0.05, 0) is 25.3 Å². The Bertz CT molecular complexity index is 134. The second-order valence-electron chi connectivity index (χ2n) is 3.19. The molecule has 0 aromatic heterocycles. The van der Waals surface area contributed by atoms with Gasteiger partial charge in [-0.25, -0.2) is 0 Å². The summed E-state index contributed by atoms with van der Waals surface area (Å²) in [6.07, 6.45) is 7.91. The number of hydrogen-bond acceptors (Lipinski definition) is 1. The van der Waals surface area contributed by atoms with E-state index in [1.807, 2.05) is 0 Å². The monoisotopic (exact) mass is 137 g/mol. The molecule has 1 heterocycles. The summed E-state index contributed by atoms with van der Waals surface area (Å²) in [5.74, 6) is 3.53.